The molecule has 0 rings (SSSR count). The van der Waals surface area contributed by atoms with Crippen LogP contribution in [0.15, 0.2) is 0 Å². The average Bonchev–Trinajstić information content (AvgIpc) is 1.59. The Bertz CT molecular complexity index is 212. The first-order valence-corrected chi connectivity index (χ1v) is 4.22. The number of carbonyl (C=O) groups excluding carboxylic acids is 1. The van der Waals surface area contributed by atoms with E-state index >= 15 is 0 Å². The molecule has 11 heavy (non-hydrogen) atoms. The van der Waals surface area contributed by atoms with Gasteiger partial charge in [0.1, 0.15) is 0 Å². The van der Waals surface area contributed by atoms with Crippen LogP contribution < -0.4 is 5.32 Å². The molecule has 0 aromatic rings. The second-order valence-corrected chi connectivity index (χ2v) is 3.34. The Kier molecular flexibility index (Phi) is 4.66. The van der Waals surface area contributed by atoms with Crippen molar-refractivity contribution in [2.24, 2.45) is 0 Å². The molecule has 62 valence electrons. The fourth-order valence-electron chi connectivity index (χ4n) is 0.356. The Hall–Kier alpha value is -1.62. The molecule has 0 aromatic heterocycles. The van der Waals surface area contributed by atoms with Gasteiger partial charge in [-0.25, -0.2) is 0 Å². The topological polar surface area (TPSA) is 83.5 Å². The number of amides is 1. The maximum absolute atomic E-state index is 10.1. The van der Waals surface area contributed by atoms with Crippen molar-refractivity contribution in [3.05, 3.63) is 0 Å². The molecule has 0 bridgehead atoms. The van der Waals surface area contributed by atoms with E-state index in [4.69, 9.17) is 4.55 Å². The Morgan fingerprint density at radius 3 is 2.27 bits per heavy atom. The summed E-state index contributed by atoms with van der Waals surface area (Å²) in [5.41, 5.74) is 0. The van der Waals surface area contributed by atoms with E-state index in [1.165, 1.54) is 6.92 Å². The third-order valence-corrected chi connectivity index (χ3v) is 1.45. The Morgan fingerprint density at radius 1 is 1.55 bits per heavy atom. The zero-order valence-electron chi connectivity index (χ0n) is 6.20. The van der Waals surface area contributed by atoms with Crippen LogP contribution in [-0.4, -0.2) is 31.2 Å². The maximum atomic E-state index is 10.1. The standard InChI is InChI=1S/C4H9NO4S.Mt/c1-4(6)5-2-3-10(7,8)9;/h2-3H2,1H3,(H,5,6)(H,7,8,9);. The molecule has 0 atom stereocenters. The summed E-state index contributed by atoms with van der Waals surface area (Å²) in [5.74, 6) is -0.754. The van der Waals surface area contributed by atoms with Gasteiger partial charge in [0.2, 0.25) is 5.91 Å². The van der Waals surface area contributed by atoms with Crippen molar-refractivity contribution in [1.29, 1.82) is 0 Å². The Labute approximate surface area is 59.2 Å². The molecule has 5 nitrogen and oxygen atoms in total. The van der Waals surface area contributed by atoms with Gasteiger partial charge in [0, 0.05) is 13.5 Å². The van der Waals surface area contributed by atoms with Crippen LogP contribution in [0.2, 0.25) is 0 Å². The molecule has 0 saturated heterocycles. The maximum Gasteiger partial charge on any atom is 0.266 e. The summed E-state index contributed by atoms with van der Waals surface area (Å²) in [4.78, 5) is 10.1. The van der Waals surface area contributed by atoms with Crippen molar-refractivity contribution in [3.8, 4) is 0 Å². The molecule has 7 heteroatoms. The van der Waals surface area contributed by atoms with Gasteiger partial charge in [-0.05, 0) is 0 Å². The van der Waals surface area contributed by atoms with Crippen LogP contribution in [0.1, 0.15) is 6.92 Å². The van der Waals surface area contributed by atoms with Gasteiger partial charge < -0.3 is 5.32 Å². The van der Waals surface area contributed by atoms with E-state index in [9.17, 15) is 13.2 Å². The number of carbonyl (C=O) groups is 1. The van der Waals surface area contributed by atoms with Crippen LogP contribution in [0.25, 0.3) is 0 Å². The normalized spacial score (nSPS) is 10.0. The van der Waals surface area contributed by atoms with Crippen molar-refractivity contribution < 1.29 is 17.8 Å². The van der Waals surface area contributed by atoms with Crippen molar-refractivity contribution in [2.45, 2.75) is 6.92 Å². The Balaban J connectivity index is 0. The molecule has 0 radical (unpaired) electrons. The predicted molar refractivity (Wildman–Crippen MR) is 35.1 cm³/mol. The van der Waals surface area contributed by atoms with Crippen molar-refractivity contribution >= 4 is 16.0 Å². The summed E-state index contributed by atoms with van der Waals surface area (Å²) in [5, 5.41) is 2.22. The van der Waals surface area contributed by atoms with Crippen molar-refractivity contribution in [3.63, 3.8) is 0 Å². The van der Waals surface area contributed by atoms with Crippen molar-refractivity contribution in [1.82, 2.24) is 5.32 Å². The van der Waals surface area contributed by atoms with Crippen LogP contribution in [0.3, 0.4) is 0 Å². The number of rotatable bonds is 3. The third-order valence-electron chi connectivity index (χ3n) is 0.734. The smallest absolute Gasteiger partial charge is 0.266 e. The first kappa shape index (κ1) is 12.1. The molecule has 0 unspecified atom stereocenters. The average molecular weight is 445 g/mol. The number of nitrogens with one attached hydrogen (secondary N) is 1. The van der Waals surface area contributed by atoms with E-state index < -0.39 is 15.9 Å². The van der Waals surface area contributed by atoms with Gasteiger partial charge in [-0.2, -0.15) is 8.42 Å². The van der Waals surface area contributed by atoms with E-state index in [-0.39, 0.29) is 12.5 Å². The van der Waals surface area contributed by atoms with Gasteiger partial charge in [-0.1, -0.05) is 0 Å². The first-order chi connectivity index (χ1) is 4.42. The number of hydrogen-bond acceptors (Lipinski definition) is 3. The summed E-state index contributed by atoms with van der Waals surface area (Å²) in [6.07, 6.45) is 0. The van der Waals surface area contributed by atoms with Crippen LogP contribution in [0, 0.1) is 0 Å². The first-order valence-electron chi connectivity index (χ1n) is 2.61. The predicted octanol–water partition coefficient (Wildman–Crippen LogP) is -0.990. The summed E-state index contributed by atoms with van der Waals surface area (Å²) >= 11 is 0. The van der Waals surface area contributed by atoms with Gasteiger partial charge in [0.25, 0.3) is 10.1 Å². The van der Waals surface area contributed by atoms with Gasteiger partial charge >= 0.3 is 0 Å². The fourth-order valence-corrected chi connectivity index (χ4v) is 0.716. The van der Waals surface area contributed by atoms with Crippen LogP contribution in [0.5, 0.6) is 0 Å². The van der Waals surface area contributed by atoms with Gasteiger partial charge in [-0.3, -0.25) is 9.35 Å². The quantitative estimate of drug-likeness (QED) is 0.547. The SMILES string of the molecule is CC(=O)NCCS(=O)(=O)O.[Mt]. The van der Waals surface area contributed by atoms with Gasteiger partial charge in [0.15, 0.2) is 0 Å². The van der Waals surface area contributed by atoms with Gasteiger partial charge in [0.05, 0.1) is 5.75 Å². The zero-order chi connectivity index (χ0) is 8.20. The zero-order valence-corrected chi connectivity index (χ0v) is 13.6. The van der Waals surface area contributed by atoms with Crippen LogP contribution in [-0.2, 0) is 14.9 Å². The third kappa shape index (κ3) is 11.8. The minimum absolute atomic E-state index is 0. The Morgan fingerprint density at radius 2 is 2.00 bits per heavy atom. The van der Waals surface area contributed by atoms with Crippen molar-refractivity contribution in [2.75, 3.05) is 12.3 Å². The van der Waals surface area contributed by atoms with E-state index in [1.807, 2.05) is 0 Å². The van der Waals surface area contributed by atoms with E-state index in [0.29, 0.717) is 0 Å². The van der Waals surface area contributed by atoms with E-state index in [0.717, 1.165) is 0 Å². The molecule has 0 aliphatic rings. The molecule has 0 spiro atoms. The summed E-state index contributed by atoms with van der Waals surface area (Å²) in [6, 6.07) is 0. The minimum Gasteiger partial charge on any atom is -0.355 e. The minimum atomic E-state index is -3.93. The molecule has 0 aliphatic heterocycles. The molecule has 0 saturated carbocycles. The molecule has 2 N–H and O–H groups in total. The fraction of sp³-hybridized carbons (Fsp3) is 0.750. The molecule has 0 aromatic carbocycles. The molecule has 0 heterocycles. The van der Waals surface area contributed by atoms with Crippen LogP contribution in [0.4, 0.5) is 0 Å². The monoisotopic (exact) mass is 445 g/mol. The second-order valence-electron chi connectivity index (χ2n) is 1.77. The molecule has 0 aliphatic carbocycles. The summed E-state index contributed by atoms with van der Waals surface area (Å²) < 4.78 is 28.2. The van der Waals surface area contributed by atoms with Gasteiger partial charge in [-0.15, -0.1) is 0 Å². The van der Waals surface area contributed by atoms with Crippen LogP contribution >= 0.6 is 0 Å². The summed E-state index contributed by atoms with van der Waals surface area (Å²) in [7, 11) is -3.93. The van der Waals surface area contributed by atoms with E-state index in [2.05, 4.69) is 5.32 Å². The molecule has 1 amide bonds. The largest absolute Gasteiger partial charge is 0.355 e. The second kappa shape index (κ2) is 4.24. The number of hydrogen-bond donors (Lipinski definition) is 2. The van der Waals surface area contributed by atoms with E-state index in [1.54, 1.807) is 0 Å². The molecular formula is C4H9MtNO4S. The molecule has 0 fully saturated rings. The molecular weight excluding hydrogens is 436 g/mol. The summed E-state index contributed by atoms with van der Waals surface area (Å²) in [6.45, 7) is 1.22.